The van der Waals surface area contributed by atoms with Crippen molar-refractivity contribution in [2.24, 2.45) is 0 Å². The molecule has 1 unspecified atom stereocenters. The lowest BCUT2D eigenvalue weighted by Gasteiger charge is -2.33. The van der Waals surface area contributed by atoms with Crippen LogP contribution in [0.2, 0.25) is 0 Å². The zero-order valence-electron chi connectivity index (χ0n) is 22.9. The van der Waals surface area contributed by atoms with Crippen molar-refractivity contribution in [3.63, 3.8) is 0 Å². The van der Waals surface area contributed by atoms with Crippen molar-refractivity contribution in [1.82, 2.24) is 14.5 Å². The number of benzene rings is 3. The predicted molar refractivity (Wildman–Crippen MR) is 155 cm³/mol. The summed E-state index contributed by atoms with van der Waals surface area (Å²) in [5.41, 5.74) is 1.05. The molecular weight excluding hydrogens is 510 g/mol. The predicted octanol–water partition coefficient (Wildman–Crippen LogP) is 4.76. The van der Waals surface area contributed by atoms with Crippen LogP contribution in [0.15, 0.2) is 77.7 Å². The largest absolute Gasteiger partial charge is 0.352 e. The highest BCUT2D eigenvalue weighted by Crippen LogP contribution is 2.22. The van der Waals surface area contributed by atoms with Crippen molar-refractivity contribution >= 4 is 32.6 Å². The molecule has 3 aromatic carbocycles. The number of carbonyl (C=O) groups is 2. The van der Waals surface area contributed by atoms with Gasteiger partial charge in [-0.3, -0.25) is 9.59 Å². The summed E-state index contributed by atoms with van der Waals surface area (Å²) < 4.78 is 27.9. The molecule has 39 heavy (non-hydrogen) atoms. The van der Waals surface area contributed by atoms with Crippen LogP contribution in [0.4, 0.5) is 0 Å². The Morgan fingerprint density at radius 1 is 0.923 bits per heavy atom. The zero-order valence-corrected chi connectivity index (χ0v) is 23.7. The first kappa shape index (κ1) is 28.8. The summed E-state index contributed by atoms with van der Waals surface area (Å²) in [6.45, 7) is 1.86. The molecule has 0 saturated heterocycles. The first-order chi connectivity index (χ1) is 18.8. The standard InChI is InChI=1S/C31H39N3O4S/c1-3-29(31(36)32-27-16-8-5-9-17-27)34(21-20-24-12-6-4-7-13-24)30(35)23-33(2)39(37,38)28-19-18-25-14-10-11-15-26(25)22-28/h4,6-7,10-15,18-19,22,27,29H,3,5,8-9,16-17,20-21,23H2,1-2H3,(H,32,36). The number of rotatable bonds is 11. The van der Waals surface area contributed by atoms with Gasteiger partial charge in [0.2, 0.25) is 21.8 Å². The van der Waals surface area contributed by atoms with E-state index in [1.54, 1.807) is 23.1 Å². The fraction of sp³-hybridized carbons (Fsp3) is 0.419. The second kappa shape index (κ2) is 13.2. The summed E-state index contributed by atoms with van der Waals surface area (Å²) in [7, 11) is -2.50. The van der Waals surface area contributed by atoms with Crippen molar-refractivity contribution in [2.45, 2.75) is 68.8 Å². The monoisotopic (exact) mass is 549 g/mol. The lowest BCUT2D eigenvalue weighted by Crippen LogP contribution is -2.54. The molecule has 8 heteroatoms. The molecular formula is C31H39N3O4S. The topological polar surface area (TPSA) is 86.8 Å². The third-order valence-electron chi connectivity index (χ3n) is 7.61. The van der Waals surface area contributed by atoms with E-state index in [0.717, 1.165) is 46.3 Å². The molecule has 208 valence electrons. The van der Waals surface area contributed by atoms with Gasteiger partial charge in [-0.2, -0.15) is 4.31 Å². The van der Waals surface area contributed by atoms with Gasteiger partial charge in [-0.1, -0.05) is 86.8 Å². The van der Waals surface area contributed by atoms with Crippen molar-refractivity contribution in [3.8, 4) is 0 Å². The summed E-state index contributed by atoms with van der Waals surface area (Å²) in [5.74, 6) is -0.547. The molecule has 1 N–H and O–H groups in total. The fourth-order valence-corrected chi connectivity index (χ4v) is 6.47. The van der Waals surface area contributed by atoms with Gasteiger partial charge in [-0.05, 0) is 54.2 Å². The molecule has 1 fully saturated rings. The quantitative estimate of drug-likeness (QED) is 0.374. The van der Waals surface area contributed by atoms with Crippen molar-refractivity contribution in [1.29, 1.82) is 0 Å². The van der Waals surface area contributed by atoms with Crippen molar-refractivity contribution in [3.05, 3.63) is 78.4 Å². The van der Waals surface area contributed by atoms with Crippen LogP contribution in [0.3, 0.4) is 0 Å². The summed E-state index contributed by atoms with van der Waals surface area (Å²) in [6, 6.07) is 21.8. The van der Waals surface area contributed by atoms with E-state index in [1.807, 2.05) is 61.5 Å². The third kappa shape index (κ3) is 7.25. The number of carbonyl (C=O) groups excluding carboxylic acids is 2. The highest BCUT2D eigenvalue weighted by Gasteiger charge is 2.32. The second-order valence-corrected chi connectivity index (χ2v) is 12.4. The summed E-state index contributed by atoms with van der Waals surface area (Å²) in [4.78, 5) is 28.8. The first-order valence-corrected chi connectivity index (χ1v) is 15.3. The minimum absolute atomic E-state index is 0.127. The lowest BCUT2D eigenvalue weighted by atomic mass is 9.95. The molecule has 2 amide bonds. The van der Waals surface area contributed by atoms with Crippen LogP contribution in [0.5, 0.6) is 0 Å². The average Bonchev–Trinajstić information content (AvgIpc) is 2.95. The van der Waals surface area contributed by atoms with E-state index in [2.05, 4.69) is 5.32 Å². The van der Waals surface area contributed by atoms with Gasteiger partial charge in [-0.25, -0.2) is 8.42 Å². The number of amides is 2. The normalized spacial score (nSPS) is 15.3. The smallest absolute Gasteiger partial charge is 0.243 e. The van der Waals surface area contributed by atoms with Gasteiger partial charge in [0.05, 0.1) is 11.4 Å². The van der Waals surface area contributed by atoms with E-state index >= 15 is 0 Å². The Balaban J connectivity index is 1.53. The van der Waals surface area contributed by atoms with Gasteiger partial charge >= 0.3 is 0 Å². The van der Waals surface area contributed by atoms with Crippen LogP contribution in [-0.2, 0) is 26.0 Å². The zero-order chi connectivity index (χ0) is 27.8. The van der Waals surface area contributed by atoms with E-state index in [-0.39, 0.29) is 29.3 Å². The Morgan fingerprint density at radius 3 is 2.28 bits per heavy atom. The van der Waals surface area contributed by atoms with Crippen LogP contribution < -0.4 is 5.32 Å². The summed E-state index contributed by atoms with van der Waals surface area (Å²) >= 11 is 0. The van der Waals surface area contributed by atoms with Gasteiger partial charge in [0.25, 0.3) is 0 Å². The Hall–Kier alpha value is -3.23. The van der Waals surface area contributed by atoms with Gasteiger partial charge < -0.3 is 10.2 Å². The minimum atomic E-state index is -3.92. The summed E-state index contributed by atoms with van der Waals surface area (Å²) in [5, 5.41) is 4.92. The van der Waals surface area contributed by atoms with Crippen molar-refractivity contribution in [2.75, 3.05) is 20.1 Å². The molecule has 1 atom stereocenters. The molecule has 1 saturated carbocycles. The SMILES string of the molecule is CCC(C(=O)NC1CCCCC1)N(CCc1ccccc1)C(=O)CN(C)S(=O)(=O)c1ccc2ccccc2c1. The molecule has 4 rings (SSSR count). The minimum Gasteiger partial charge on any atom is -0.352 e. The maximum atomic E-state index is 13.7. The van der Waals surface area contributed by atoms with E-state index < -0.39 is 16.1 Å². The first-order valence-electron chi connectivity index (χ1n) is 13.9. The van der Waals surface area contributed by atoms with Crippen LogP contribution in [0.25, 0.3) is 10.8 Å². The number of sulfonamides is 1. The number of hydrogen-bond donors (Lipinski definition) is 1. The van der Waals surface area contributed by atoms with E-state index in [0.29, 0.717) is 19.4 Å². The Labute approximate surface area is 232 Å². The molecule has 0 bridgehead atoms. The maximum Gasteiger partial charge on any atom is 0.243 e. The number of likely N-dealkylation sites (N-methyl/N-ethyl adjacent to an activating group) is 1. The highest BCUT2D eigenvalue weighted by atomic mass is 32.2. The Morgan fingerprint density at radius 2 is 1.59 bits per heavy atom. The molecule has 0 heterocycles. The lowest BCUT2D eigenvalue weighted by molar-refractivity contribution is -0.141. The number of fused-ring (bicyclic) bond motifs is 1. The second-order valence-electron chi connectivity index (χ2n) is 10.4. The van der Waals surface area contributed by atoms with Crippen LogP contribution in [0, 0.1) is 0 Å². The Kier molecular flexibility index (Phi) is 9.75. The summed E-state index contributed by atoms with van der Waals surface area (Å²) in [6.07, 6.45) is 6.29. The maximum absolute atomic E-state index is 13.7. The van der Waals surface area contributed by atoms with Gasteiger partial charge in [0.15, 0.2) is 0 Å². The molecule has 0 aromatic heterocycles. The third-order valence-corrected chi connectivity index (χ3v) is 9.41. The molecule has 0 radical (unpaired) electrons. The highest BCUT2D eigenvalue weighted by molar-refractivity contribution is 7.89. The number of hydrogen-bond acceptors (Lipinski definition) is 4. The molecule has 0 aliphatic heterocycles. The van der Waals surface area contributed by atoms with Crippen LogP contribution in [0.1, 0.15) is 51.0 Å². The number of nitrogens with one attached hydrogen (secondary N) is 1. The molecule has 7 nitrogen and oxygen atoms in total. The van der Waals surface area contributed by atoms with Gasteiger partial charge in [-0.15, -0.1) is 0 Å². The fourth-order valence-electron chi connectivity index (χ4n) is 5.31. The molecule has 1 aliphatic carbocycles. The molecule has 0 spiro atoms. The van der Waals surface area contributed by atoms with E-state index in [9.17, 15) is 18.0 Å². The van der Waals surface area contributed by atoms with Crippen LogP contribution >= 0.6 is 0 Å². The average molecular weight is 550 g/mol. The van der Waals surface area contributed by atoms with E-state index in [1.165, 1.54) is 13.5 Å². The molecule has 1 aliphatic rings. The van der Waals surface area contributed by atoms with Crippen LogP contribution in [-0.4, -0.2) is 61.7 Å². The van der Waals surface area contributed by atoms with E-state index in [4.69, 9.17) is 0 Å². The van der Waals surface area contributed by atoms with Gasteiger partial charge in [0, 0.05) is 19.6 Å². The van der Waals surface area contributed by atoms with Gasteiger partial charge in [0.1, 0.15) is 6.04 Å². The Bertz CT molecular complexity index is 1370. The molecule has 3 aromatic rings. The van der Waals surface area contributed by atoms with Crippen molar-refractivity contribution < 1.29 is 18.0 Å². The number of nitrogens with zero attached hydrogens (tertiary/aromatic N) is 2.